The maximum atomic E-state index is 13.6. The molecule has 1 aliphatic rings. The van der Waals surface area contributed by atoms with E-state index < -0.39 is 7.44 Å². The first-order chi connectivity index (χ1) is 8.48. The van der Waals surface area contributed by atoms with Crippen molar-refractivity contribution >= 4 is 12.7 Å². The van der Waals surface area contributed by atoms with Crippen LogP contribution in [0.25, 0.3) is 0 Å². The molecule has 3 nitrogen and oxygen atoms in total. The summed E-state index contributed by atoms with van der Waals surface area (Å²) < 4.78 is 18.0. The molecule has 1 aromatic rings. The average molecular weight is 266 g/mol. The highest BCUT2D eigenvalue weighted by Crippen LogP contribution is 2.57. The molecule has 0 N–H and O–H groups in total. The van der Waals surface area contributed by atoms with E-state index in [2.05, 4.69) is 37.0 Å². The van der Waals surface area contributed by atoms with E-state index in [0.717, 1.165) is 18.4 Å². The molecule has 0 saturated carbocycles. The zero-order valence-electron chi connectivity index (χ0n) is 11.7. The molecule has 0 atom stereocenters. The lowest BCUT2D eigenvalue weighted by Crippen LogP contribution is -2.33. The van der Waals surface area contributed by atoms with Crippen LogP contribution in [0.1, 0.15) is 27.7 Å². The number of nitrogens with zero attached hydrogens (tertiary/aromatic N) is 2. The van der Waals surface area contributed by atoms with Crippen molar-refractivity contribution in [2.45, 2.75) is 39.8 Å². The van der Waals surface area contributed by atoms with Crippen LogP contribution in [-0.4, -0.2) is 34.5 Å². The van der Waals surface area contributed by atoms with Crippen molar-refractivity contribution in [3.63, 3.8) is 0 Å². The van der Waals surface area contributed by atoms with E-state index in [1.807, 2.05) is 30.3 Å². The van der Waals surface area contributed by atoms with Crippen molar-refractivity contribution < 1.29 is 4.57 Å². The molecule has 18 heavy (non-hydrogen) atoms. The molecule has 1 saturated heterocycles. The highest BCUT2D eigenvalue weighted by atomic mass is 31.2. The number of benzene rings is 1. The Balaban J connectivity index is 2.49. The number of hydrogen-bond acceptors (Lipinski definition) is 1. The third-order valence-corrected chi connectivity index (χ3v) is 7.23. The van der Waals surface area contributed by atoms with E-state index in [0.29, 0.717) is 12.1 Å². The summed E-state index contributed by atoms with van der Waals surface area (Å²) in [5, 5.41) is 0.963. The van der Waals surface area contributed by atoms with Gasteiger partial charge in [-0.2, -0.15) is 0 Å². The second-order valence-corrected chi connectivity index (χ2v) is 8.03. The van der Waals surface area contributed by atoms with Crippen LogP contribution in [0.5, 0.6) is 0 Å². The van der Waals surface area contributed by atoms with Crippen molar-refractivity contribution in [3.8, 4) is 0 Å². The van der Waals surface area contributed by atoms with Gasteiger partial charge in [-0.3, -0.25) is 4.57 Å². The maximum Gasteiger partial charge on any atom is 0.246 e. The summed E-state index contributed by atoms with van der Waals surface area (Å²) in [7, 11) is -2.59. The molecule has 1 fully saturated rings. The molecule has 0 bridgehead atoms. The van der Waals surface area contributed by atoms with Crippen molar-refractivity contribution in [1.29, 1.82) is 0 Å². The fraction of sp³-hybridized carbons (Fsp3) is 0.571. The van der Waals surface area contributed by atoms with Crippen LogP contribution < -0.4 is 5.30 Å². The minimum Gasteiger partial charge on any atom is -0.283 e. The Labute approximate surface area is 110 Å². The Morgan fingerprint density at radius 3 is 1.78 bits per heavy atom. The van der Waals surface area contributed by atoms with Crippen molar-refractivity contribution in [3.05, 3.63) is 30.3 Å². The van der Waals surface area contributed by atoms with Crippen LogP contribution in [0.2, 0.25) is 0 Å². The van der Waals surface area contributed by atoms with E-state index in [9.17, 15) is 4.57 Å². The molecule has 1 aliphatic heterocycles. The van der Waals surface area contributed by atoms with Crippen LogP contribution in [-0.2, 0) is 4.57 Å². The van der Waals surface area contributed by atoms with Crippen molar-refractivity contribution in [2.24, 2.45) is 0 Å². The minimum atomic E-state index is -2.59. The van der Waals surface area contributed by atoms with Gasteiger partial charge in [0.25, 0.3) is 0 Å². The van der Waals surface area contributed by atoms with Gasteiger partial charge in [-0.15, -0.1) is 0 Å². The van der Waals surface area contributed by atoms with Gasteiger partial charge in [0.1, 0.15) is 0 Å². The molecule has 0 aromatic heterocycles. The smallest absolute Gasteiger partial charge is 0.246 e. The van der Waals surface area contributed by atoms with Gasteiger partial charge in [-0.1, -0.05) is 18.2 Å². The summed E-state index contributed by atoms with van der Waals surface area (Å²) in [5.41, 5.74) is 0. The summed E-state index contributed by atoms with van der Waals surface area (Å²) >= 11 is 0. The van der Waals surface area contributed by atoms with Crippen molar-refractivity contribution in [1.82, 2.24) is 9.34 Å². The summed E-state index contributed by atoms with van der Waals surface area (Å²) in [5.74, 6) is 0. The largest absolute Gasteiger partial charge is 0.283 e. The normalized spacial score (nSPS) is 21.0. The third kappa shape index (κ3) is 2.16. The molecule has 0 radical (unpaired) electrons. The summed E-state index contributed by atoms with van der Waals surface area (Å²) in [4.78, 5) is 0. The van der Waals surface area contributed by atoms with E-state index >= 15 is 0 Å². The molecule has 4 heteroatoms. The van der Waals surface area contributed by atoms with Crippen LogP contribution >= 0.6 is 7.44 Å². The Bertz CT molecular complexity index is 424. The number of hydrogen-bond donors (Lipinski definition) is 0. The van der Waals surface area contributed by atoms with E-state index in [-0.39, 0.29) is 0 Å². The van der Waals surface area contributed by atoms with Gasteiger partial charge in [-0.25, -0.2) is 9.34 Å². The minimum absolute atomic E-state index is 0.305. The van der Waals surface area contributed by atoms with Crippen molar-refractivity contribution in [2.75, 3.05) is 13.1 Å². The first-order valence-electron chi connectivity index (χ1n) is 6.68. The Morgan fingerprint density at radius 2 is 1.39 bits per heavy atom. The van der Waals surface area contributed by atoms with Gasteiger partial charge in [0.05, 0.1) is 0 Å². The Kier molecular flexibility index (Phi) is 3.96. The average Bonchev–Trinajstić information content (AvgIpc) is 2.69. The van der Waals surface area contributed by atoms with Crippen LogP contribution in [0.3, 0.4) is 0 Å². The monoisotopic (exact) mass is 266 g/mol. The lowest BCUT2D eigenvalue weighted by Gasteiger charge is -2.34. The predicted octanol–water partition coefficient (Wildman–Crippen LogP) is 2.94. The zero-order chi connectivity index (χ0) is 13.3. The van der Waals surface area contributed by atoms with E-state index in [4.69, 9.17) is 0 Å². The molecule has 0 amide bonds. The number of rotatable bonds is 3. The van der Waals surface area contributed by atoms with Gasteiger partial charge < -0.3 is 0 Å². The highest BCUT2D eigenvalue weighted by molar-refractivity contribution is 7.67. The van der Waals surface area contributed by atoms with Crippen LogP contribution in [0.15, 0.2) is 30.3 Å². The molecular formula is C14H23N2OP. The lowest BCUT2D eigenvalue weighted by molar-refractivity contribution is 0.389. The lowest BCUT2D eigenvalue weighted by atomic mass is 10.3. The maximum absolute atomic E-state index is 13.6. The SMILES string of the molecule is CC(C)N1CCN(C(C)C)P1(=O)c1ccccc1. The van der Waals surface area contributed by atoms with Gasteiger partial charge in [0.15, 0.2) is 0 Å². The summed E-state index contributed by atoms with van der Waals surface area (Å²) in [6, 6.07) is 10.5. The summed E-state index contributed by atoms with van der Waals surface area (Å²) in [6.45, 7) is 10.3. The van der Waals surface area contributed by atoms with E-state index in [1.165, 1.54) is 0 Å². The van der Waals surface area contributed by atoms with Crippen LogP contribution in [0.4, 0.5) is 0 Å². The fourth-order valence-electron chi connectivity index (χ4n) is 2.68. The predicted molar refractivity (Wildman–Crippen MR) is 77.4 cm³/mol. The molecular weight excluding hydrogens is 243 g/mol. The zero-order valence-corrected chi connectivity index (χ0v) is 12.6. The molecule has 1 aromatic carbocycles. The molecule has 0 unspecified atom stereocenters. The Hall–Kier alpha value is -0.630. The second kappa shape index (κ2) is 5.16. The Morgan fingerprint density at radius 1 is 0.944 bits per heavy atom. The molecule has 100 valence electrons. The molecule has 2 rings (SSSR count). The molecule has 0 spiro atoms. The quantitative estimate of drug-likeness (QED) is 0.786. The van der Waals surface area contributed by atoms with Gasteiger partial charge in [-0.05, 0) is 39.8 Å². The van der Waals surface area contributed by atoms with E-state index in [1.54, 1.807) is 0 Å². The van der Waals surface area contributed by atoms with Gasteiger partial charge in [0, 0.05) is 30.5 Å². The van der Waals surface area contributed by atoms with Gasteiger partial charge in [0.2, 0.25) is 7.44 Å². The highest BCUT2D eigenvalue weighted by Gasteiger charge is 2.46. The molecule has 1 heterocycles. The van der Waals surface area contributed by atoms with Gasteiger partial charge >= 0.3 is 0 Å². The fourth-order valence-corrected chi connectivity index (χ4v) is 6.11. The first-order valence-corrected chi connectivity index (χ1v) is 8.29. The standard InChI is InChI=1S/C14H23N2OP/c1-12(2)15-10-11-16(13(3)4)18(15,17)14-8-6-5-7-9-14/h5-9,12-13H,10-11H2,1-4H3. The second-order valence-electron chi connectivity index (χ2n) is 5.39. The van der Waals surface area contributed by atoms with Crippen LogP contribution in [0, 0.1) is 0 Å². The third-order valence-electron chi connectivity index (χ3n) is 3.54. The summed E-state index contributed by atoms with van der Waals surface area (Å²) in [6.07, 6.45) is 0. The topological polar surface area (TPSA) is 23.6 Å². The molecule has 0 aliphatic carbocycles. The first kappa shape index (κ1) is 13.8.